The van der Waals surface area contributed by atoms with E-state index in [9.17, 15) is 4.79 Å². The summed E-state index contributed by atoms with van der Waals surface area (Å²) < 4.78 is 11.0. The van der Waals surface area contributed by atoms with Gasteiger partial charge in [-0.2, -0.15) is 0 Å². The van der Waals surface area contributed by atoms with Crippen LogP contribution in [0, 0.1) is 0 Å². The molecule has 0 aliphatic carbocycles. The Kier molecular flexibility index (Phi) is 5.77. The molecule has 1 fully saturated rings. The van der Waals surface area contributed by atoms with Gasteiger partial charge in [-0.25, -0.2) is 0 Å². The predicted molar refractivity (Wildman–Crippen MR) is 92.4 cm³/mol. The van der Waals surface area contributed by atoms with Gasteiger partial charge >= 0.3 is 0 Å². The topological polar surface area (TPSA) is 73.3 Å². The van der Waals surface area contributed by atoms with Crippen LogP contribution < -0.4 is 10.1 Å². The Bertz CT molecular complexity index is 666. The Labute approximate surface area is 145 Å². The van der Waals surface area contributed by atoms with Gasteiger partial charge in [0.05, 0.1) is 6.61 Å². The lowest BCUT2D eigenvalue weighted by Crippen LogP contribution is -2.12. The minimum atomic E-state index is -0.0566. The molecule has 1 aliphatic heterocycles. The summed E-state index contributed by atoms with van der Waals surface area (Å²) in [4.78, 5) is 12.1. The molecule has 0 radical (unpaired) electrons. The van der Waals surface area contributed by atoms with Crippen molar-refractivity contribution < 1.29 is 14.3 Å². The van der Waals surface area contributed by atoms with Gasteiger partial charge in [0.1, 0.15) is 16.9 Å². The molecule has 0 bridgehead atoms. The van der Waals surface area contributed by atoms with Crippen molar-refractivity contribution in [3.05, 3.63) is 34.8 Å². The molecule has 0 spiro atoms. The van der Waals surface area contributed by atoms with Crippen LogP contribution in [0.5, 0.6) is 5.75 Å². The number of carbonyl (C=O) groups excluding carboxylic acids is 1. The van der Waals surface area contributed by atoms with Crippen LogP contribution in [0.15, 0.2) is 24.3 Å². The molecule has 2 heterocycles. The van der Waals surface area contributed by atoms with E-state index >= 15 is 0 Å². The van der Waals surface area contributed by atoms with Crippen LogP contribution in [0.4, 0.5) is 5.13 Å². The summed E-state index contributed by atoms with van der Waals surface area (Å²) in [5.41, 5.74) is 1.10. The fourth-order valence-corrected chi connectivity index (χ4v) is 3.39. The Morgan fingerprint density at radius 3 is 2.92 bits per heavy atom. The van der Waals surface area contributed by atoms with E-state index in [1.54, 1.807) is 0 Å². The number of ether oxygens (including phenoxy) is 2. The third kappa shape index (κ3) is 4.52. The van der Waals surface area contributed by atoms with Gasteiger partial charge in [-0.05, 0) is 43.9 Å². The maximum Gasteiger partial charge on any atom is 0.226 e. The highest BCUT2D eigenvalue weighted by Crippen LogP contribution is 2.31. The van der Waals surface area contributed by atoms with Gasteiger partial charge in [-0.15, -0.1) is 10.2 Å². The highest BCUT2D eigenvalue weighted by molar-refractivity contribution is 7.15. The molecule has 2 aromatic rings. The zero-order valence-electron chi connectivity index (χ0n) is 13.7. The molecule has 0 unspecified atom stereocenters. The van der Waals surface area contributed by atoms with Gasteiger partial charge in [0.2, 0.25) is 11.0 Å². The fourth-order valence-electron chi connectivity index (χ4n) is 2.55. The zero-order valence-corrected chi connectivity index (χ0v) is 14.5. The lowest BCUT2D eigenvalue weighted by atomic mass is 10.1. The van der Waals surface area contributed by atoms with Crippen LogP contribution in [0.25, 0.3) is 0 Å². The molecule has 1 N–H and O–H groups in total. The van der Waals surface area contributed by atoms with Crippen molar-refractivity contribution in [3.63, 3.8) is 0 Å². The first-order chi connectivity index (χ1) is 11.7. The van der Waals surface area contributed by atoms with Crippen molar-refractivity contribution in [1.82, 2.24) is 10.2 Å². The second-order valence-electron chi connectivity index (χ2n) is 5.57. The molecule has 7 heteroatoms. The number of nitrogens with zero attached hydrogens (tertiary/aromatic N) is 2. The molecular weight excluding hydrogens is 326 g/mol. The lowest BCUT2D eigenvalue weighted by molar-refractivity contribution is -0.116. The molecule has 128 valence electrons. The van der Waals surface area contributed by atoms with Crippen molar-refractivity contribution in [1.29, 1.82) is 0 Å². The quantitative estimate of drug-likeness (QED) is 0.831. The number of amides is 1. The molecule has 0 saturated carbocycles. The van der Waals surface area contributed by atoms with E-state index < -0.39 is 0 Å². The second-order valence-corrected chi connectivity index (χ2v) is 6.58. The molecule has 1 atom stereocenters. The van der Waals surface area contributed by atoms with Crippen LogP contribution in [0.1, 0.15) is 42.9 Å². The molecule has 3 rings (SSSR count). The van der Waals surface area contributed by atoms with Crippen LogP contribution in [0.3, 0.4) is 0 Å². The molecule has 1 aromatic carbocycles. The van der Waals surface area contributed by atoms with Gasteiger partial charge in [-0.1, -0.05) is 23.5 Å². The first-order valence-corrected chi connectivity index (χ1v) is 9.03. The van der Waals surface area contributed by atoms with E-state index in [4.69, 9.17) is 9.47 Å². The average Bonchev–Trinajstić information content (AvgIpc) is 3.26. The average molecular weight is 347 g/mol. The normalized spacial score (nSPS) is 17.0. The third-order valence-corrected chi connectivity index (χ3v) is 4.70. The van der Waals surface area contributed by atoms with Gasteiger partial charge in [-0.3, -0.25) is 4.79 Å². The number of aromatic nitrogens is 2. The molecule has 1 amide bonds. The number of aryl methyl sites for hydroxylation is 1. The van der Waals surface area contributed by atoms with Gasteiger partial charge < -0.3 is 14.8 Å². The lowest BCUT2D eigenvalue weighted by Gasteiger charge is -2.05. The van der Waals surface area contributed by atoms with Crippen LogP contribution in [-0.4, -0.2) is 29.3 Å². The summed E-state index contributed by atoms with van der Waals surface area (Å²) in [6.45, 7) is 3.38. The second kappa shape index (κ2) is 8.21. The van der Waals surface area contributed by atoms with Crippen molar-refractivity contribution in [2.24, 2.45) is 0 Å². The predicted octanol–water partition coefficient (Wildman–Crippen LogP) is 3.36. The summed E-state index contributed by atoms with van der Waals surface area (Å²) in [5, 5.41) is 12.3. The van der Waals surface area contributed by atoms with Crippen molar-refractivity contribution in [3.8, 4) is 5.75 Å². The van der Waals surface area contributed by atoms with E-state index in [1.165, 1.54) is 11.3 Å². The third-order valence-electron chi connectivity index (χ3n) is 3.77. The number of benzene rings is 1. The fraction of sp³-hybridized carbons (Fsp3) is 0.471. The van der Waals surface area contributed by atoms with Crippen LogP contribution in [-0.2, 0) is 16.0 Å². The van der Waals surface area contributed by atoms with Crippen LogP contribution >= 0.6 is 11.3 Å². The molecule has 1 aromatic heterocycles. The highest BCUT2D eigenvalue weighted by Gasteiger charge is 2.22. The van der Waals surface area contributed by atoms with E-state index in [-0.39, 0.29) is 12.0 Å². The van der Waals surface area contributed by atoms with Gasteiger partial charge in [0.25, 0.3) is 0 Å². The standard InChI is InChI=1S/C17H21N3O3S/c1-2-22-13-8-5-12(6-9-13)7-10-15(21)18-17-20-19-16(24-17)14-4-3-11-23-14/h5-6,8-9,14H,2-4,7,10-11H2,1H3,(H,18,20,21)/t14-/m0/s1. The zero-order chi connectivity index (χ0) is 16.8. The monoisotopic (exact) mass is 347 g/mol. The minimum Gasteiger partial charge on any atom is -0.494 e. The molecule has 6 nitrogen and oxygen atoms in total. The van der Waals surface area contributed by atoms with E-state index in [0.717, 1.165) is 35.8 Å². The van der Waals surface area contributed by atoms with Gasteiger partial charge in [0, 0.05) is 13.0 Å². The van der Waals surface area contributed by atoms with Crippen molar-refractivity contribution in [2.75, 3.05) is 18.5 Å². The Balaban J connectivity index is 1.47. The van der Waals surface area contributed by atoms with Gasteiger partial charge in [0.15, 0.2) is 0 Å². The van der Waals surface area contributed by atoms with E-state index in [0.29, 0.717) is 24.6 Å². The summed E-state index contributed by atoms with van der Waals surface area (Å²) >= 11 is 1.39. The molecule has 24 heavy (non-hydrogen) atoms. The number of hydrogen-bond acceptors (Lipinski definition) is 6. The number of anilines is 1. The maximum absolute atomic E-state index is 12.1. The first kappa shape index (κ1) is 16.9. The number of hydrogen-bond donors (Lipinski definition) is 1. The Morgan fingerprint density at radius 2 is 2.21 bits per heavy atom. The molecular formula is C17H21N3O3S. The molecule has 1 saturated heterocycles. The summed E-state index contributed by atoms with van der Waals surface area (Å²) in [7, 11) is 0. The summed E-state index contributed by atoms with van der Waals surface area (Å²) in [5.74, 6) is 0.792. The Morgan fingerprint density at radius 1 is 1.38 bits per heavy atom. The number of nitrogens with one attached hydrogen (secondary N) is 1. The smallest absolute Gasteiger partial charge is 0.226 e. The first-order valence-electron chi connectivity index (χ1n) is 8.21. The Hall–Kier alpha value is -1.99. The van der Waals surface area contributed by atoms with E-state index in [1.807, 2.05) is 31.2 Å². The highest BCUT2D eigenvalue weighted by atomic mass is 32.1. The summed E-state index contributed by atoms with van der Waals surface area (Å²) in [6.07, 6.45) is 3.14. The molecule has 1 aliphatic rings. The largest absolute Gasteiger partial charge is 0.494 e. The SMILES string of the molecule is CCOc1ccc(CCC(=O)Nc2nnc([C@@H]3CCCO3)s2)cc1. The van der Waals surface area contributed by atoms with Crippen molar-refractivity contribution in [2.45, 2.75) is 38.7 Å². The van der Waals surface area contributed by atoms with Crippen molar-refractivity contribution >= 4 is 22.4 Å². The van der Waals surface area contributed by atoms with Crippen LogP contribution in [0.2, 0.25) is 0 Å². The number of carbonyl (C=O) groups is 1. The maximum atomic E-state index is 12.1. The van der Waals surface area contributed by atoms with E-state index in [2.05, 4.69) is 15.5 Å². The number of rotatable bonds is 7. The minimum absolute atomic E-state index is 0.0389. The summed E-state index contributed by atoms with van der Waals surface area (Å²) in [6, 6.07) is 7.82.